The number of hydrogen-bond acceptors (Lipinski definition) is 7. The Morgan fingerprint density at radius 1 is 1.28 bits per heavy atom. The molecule has 1 fully saturated rings. The van der Waals surface area contributed by atoms with Gasteiger partial charge in [-0.3, -0.25) is 4.79 Å². The zero-order valence-electron chi connectivity index (χ0n) is 17.0. The summed E-state index contributed by atoms with van der Waals surface area (Å²) in [6.45, 7) is 3.32. The monoisotopic (exact) mass is 484 g/mol. The van der Waals surface area contributed by atoms with Gasteiger partial charge in [-0.1, -0.05) is 29.0 Å². The van der Waals surface area contributed by atoms with Crippen molar-refractivity contribution in [3.63, 3.8) is 0 Å². The van der Waals surface area contributed by atoms with E-state index in [4.69, 9.17) is 11.6 Å². The average Bonchev–Trinajstić information content (AvgIpc) is 2.97. The molecule has 1 aromatic carbocycles. The number of alkyl halides is 3. The molecule has 7 nitrogen and oxygen atoms in total. The fourth-order valence-corrected chi connectivity index (χ4v) is 4.73. The predicted octanol–water partition coefficient (Wildman–Crippen LogP) is 3.92. The lowest BCUT2D eigenvalue weighted by Gasteiger charge is -2.20. The van der Waals surface area contributed by atoms with E-state index in [9.17, 15) is 18.0 Å². The number of rotatable bonds is 3. The summed E-state index contributed by atoms with van der Waals surface area (Å²) in [5, 5.41) is 8.98. The van der Waals surface area contributed by atoms with Crippen LogP contribution in [0.2, 0.25) is 5.15 Å². The summed E-state index contributed by atoms with van der Waals surface area (Å²) in [4.78, 5) is 23.0. The highest BCUT2D eigenvalue weighted by molar-refractivity contribution is 7.19. The van der Waals surface area contributed by atoms with E-state index in [0.717, 1.165) is 23.6 Å². The molecule has 1 saturated heterocycles. The van der Waals surface area contributed by atoms with E-state index in [1.807, 2.05) is 17.9 Å². The summed E-state index contributed by atoms with van der Waals surface area (Å²) in [7, 11) is 0. The Kier molecular flexibility index (Phi) is 6.29. The van der Waals surface area contributed by atoms with Crippen LogP contribution in [0.4, 0.5) is 24.0 Å². The van der Waals surface area contributed by atoms with Crippen LogP contribution >= 0.6 is 22.9 Å². The number of aryl methyl sites for hydroxylation is 1. The SMILES string of the molecule is Cc1cc(NC2=NCC=C(C(F)(F)F)N2)cc(-c2sc(N3CCCNC(=O)C3)nc2Cl)c1. The van der Waals surface area contributed by atoms with Gasteiger partial charge < -0.3 is 20.9 Å². The molecule has 2 aliphatic rings. The van der Waals surface area contributed by atoms with Crippen LogP contribution in [0, 0.1) is 6.92 Å². The molecule has 1 amide bonds. The molecule has 0 spiro atoms. The van der Waals surface area contributed by atoms with Gasteiger partial charge in [0.2, 0.25) is 11.9 Å². The van der Waals surface area contributed by atoms with E-state index in [1.165, 1.54) is 11.3 Å². The highest BCUT2D eigenvalue weighted by Gasteiger charge is 2.35. The van der Waals surface area contributed by atoms with Crippen LogP contribution in [0.25, 0.3) is 10.4 Å². The van der Waals surface area contributed by atoms with Gasteiger partial charge in [0.25, 0.3) is 0 Å². The molecule has 0 saturated carbocycles. The Morgan fingerprint density at radius 2 is 2.09 bits per heavy atom. The summed E-state index contributed by atoms with van der Waals surface area (Å²) in [6.07, 6.45) is -2.67. The first kappa shape index (κ1) is 22.4. The highest BCUT2D eigenvalue weighted by atomic mass is 35.5. The summed E-state index contributed by atoms with van der Waals surface area (Å²) in [6, 6.07) is 5.50. The van der Waals surface area contributed by atoms with Crippen molar-refractivity contribution in [3.8, 4) is 10.4 Å². The Bertz CT molecular complexity index is 1100. The molecular formula is C20H20ClF3N6OS. The molecule has 2 aliphatic heterocycles. The minimum Gasteiger partial charge on any atom is -0.354 e. The quantitative estimate of drug-likeness (QED) is 0.615. The number of aliphatic imine (C=N–C) groups is 1. The number of halogens is 4. The molecule has 0 unspecified atom stereocenters. The second-order valence-corrected chi connectivity index (χ2v) is 8.72. The third-order valence-electron chi connectivity index (χ3n) is 4.81. The van der Waals surface area contributed by atoms with Gasteiger partial charge in [0, 0.05) is 18.8 Å². The standard InChI is InChI=1S/C20H20ClF3N6OS/c1-11-7-12(9-13(8-11)27-18-26-5-3-14(28-18)20(22,23)24)16-17(21)29-19(32-16)30-6-2-4-25-15(31)10-30/h3,7-9H,2,4-6,10H2,1H3,(H,25,31)(H2,26,27,28). The lowest BCUT2D eigenvalue weighted by molar-refractivity contribution is -0.119. The Morgan fingerprint density at radius 3 is 2.88 bits per heavy atom. The number of benzene rings is 1. The summed E-state index contributed by atoms with van der Waals surface area (Å²) >= 11 is 7.79. The zero-order chi connectivity index (χ0) is 22.9. The first-order chi connectivity index (χ1) is 15.2. The van der Waals surface area contributed by atoms with Gasteiger partial charge in [0.1, 0.15) is 10.9 Å². The van der Waals surface area contributed by atoms with E-state index in [0.29, 0.717) is 33.9 Å². The Labute approximate surface area is 191 Å². The van der Waals surface area contributed by atoms with Crippen molar-refractivity contribution in [1.82, 2.24) is 15.6 Å². The second kappa shape index (κ2) is 8.99. The first-order valence-electron chi connectivity index (χ1n) is 9.85. The summed E-state index contributed by atoms with van der Waals surface area (Å²) in [5.74, 6) is -0.0477. The molecule has 1 aromatic heterocycles. The third kappa shape index (κ3) is 5.16. The molecule has 170 valence electrons. The number of allylic oxidation sites excluding steroid dienone is 1. The summed E-state index contributed by atoms with van der Waals surface area (Å²) < 4.78 is 39.0. The maximum Gasteiger partial charge on any atom is 0.431 e. The van der Waals surface area contributed by atoms with Gasteiger partial charge in [-0.25, -0.2) is 9.98 Å². The highest BCUT2D eigenvalue weighted by Crippen LogP contribution is 2.39. The molecule has 0 radical (unpaired) electrons. The minimum atomic E-state index is -4.47. The molecule has 4 rings (SSSR count). The normalized spacial score (nSPS) is 17.2. The molecule has 2 aromatic rings. The third-order valence-corrected chi connectivity index (χ3v) is 6.36. The molecule has 0 aliphatic carbocycles. The molecule has 12 heteroatoms. The van der Waals surface area contributed by atoms with E-state index in [2.05, 4.69) is 25.9 Å². The molecule has 3 heterocycles. The van der Waals surface area contributed by atoms with Crippen molar-refractivity contribution in [2.24, 2.45) is 4.99 Å². The van der Waals surface area contributed by atoms with Crippen molar-refractivity contribution in [3.05, 3.63) is 40.7 Å². The smallest absolute Gasteiger partial charge is 0.354 e. The van der Waals surface area contributed by atoms with Gasteiger partial charge in [0.15, 0.2) is 5.13 Å². The second-order valence-electron chi connectivity index (χ2n) is 7.38. The number of carbonyl (C=O) groups excluding carboxylic acids is 1. The summed E-state index contributed by atoms with van der Waals surface area (Å²) in [5.41, 5.74) is 1.37. The number of nitrogens with zero attached hydrogens (tertiary/aromatic N) is 3. The number of nitrogens with one attached hydrogen (secondary N) is 3. The number of thiazole rings is 1. The van der Waals surface area contributed by atoms with Gasteiger partial charge in [0.05, 0.1) is 18.0 Å². The van der Waals surface area contributed by atoms with Crippen molar-refractivity contribution >= 4 is 45.6 Å². The predicted molar refractivity (Wildman–Crippen MR) is 120 cm³/mol. The number of anilines is 2. The zero-order valence-corrected chi connectivity index (χ0v) is 18.6. The van der Waals surface area contributed by atoms with Gasteiger partial charge in [-0.2, -0.15) is 13.2 Å². The molecule has 32 heavy (non-hydrogen) atoms. The Hall–Kier alpha value is -2.79. The number of hydrogen-bond donors (Lipinski definition) is 3. The fourth-order valence-electron chi connectivity index (χ4n) is 3.40. The topological polar surface area (TPSA) is 81.7 Å². The first-order valence-corrected chi connectivity index (χ1v) is 11.0. The van der Waals surface area contributed by atoms with Gasteiger partial charge >= 0.3 is 6.18 Å². The maximum absolute atomic E-state index is 13.0. The molecule has 0 bridgehead atoms. The number of amides is 1. The molecule has 3 N–H and O–H groups in total. The van der Waals surface area contributed by atoms with Crippen LogP contribution in [0.15, 0.2) is 35.0 Å². The largest absolute Gasteiger partial charge is 0.431 e. The van der Waals surface area contributed by atoms with Crippen LogP contribution < -0.4 is 20.9 Å². The van der Waals surface area contributed by atoms with Crippen LogP contribution in [0.5, 0.6) is 0 Å². The van der Waals surface area contributed by atoms with Crippen molar-refractivity contribution in [2.45, 2.75) is 19.5 Å². The average molecular weight is 485 g/mol. The minimum absolute atomic E-state index is 0.0167. The van der Waals surface area contributed by atoms with E-state index in [-0.39, 0.29) is 25.0 Å². The number of carbonyl (C=O) groups is 1. The molecular weight excluding hydrogens is 465 g/mol. The van der Waals surface area contributed by atoms with Crippen molar-refractivity contribution < 1.29 is 18.0 Å². The van der Waals surface area contributed by atoms with Crippen LogP contribution in [0.1, 0.15) is 12.0 Å². The van der Waals surface area contributed by atoms with Crippen LogP contribution in [-0.4, -0.2) is 49.2 Å². The number of guanidine groups is 1. The maximum atomic E-state index is 13.0. The lowest BCUT2D eigenvalue weighted by Crippen LogP contribution is -2.38. The van der Waals surface area contributed by atoms with E-state index >= 15 is 0 Å². The van der Waals surface area contributed by atoms with Crippen molar-refractivity contribution in [1.29, 1.82) is 0 Å². The van der Waals surface area contributed by atoms with Gasteiger partial charge in [-0.15, -0.1) is 0 Å². The van der Waals surface area contributed by atoms with Crippen molar-refractivity contribution in [2.75, 3.05) is 36.4 Å². The van der Waals surface area contributed by atoms with Crippen LogP contribution in [-0.2, 0) is 4.79 Å². The Balaban J connectivity index is 1.56. The van der Waals surface area contributed by atoms with E-state index in [1.54, 1.807) is 12.1 Å². The fraction of sp³-hybridized carbons (Fsp3) is 0.350. The van der Waals surface area contributed by atoms with E-state index < -0.39 is 11.9 Å². The lowest BCUT2D eigenvalue weighted by atomic mass is 10.1. The number of aromatic nitrogens is 1. The molecule has 0 atom stereocenters. The van der Waals surface area contributed by atoms with Gasteiger partial charge in [-0.05, 0) is 42.7 Å². The van der Waals surface area contributed by atoms with Crippen LogP contribution in [0.3, 0.4) is 0 Å².